The third-order valence-corrected chi connectivity index (χ3v) is 6.44. The van der Waals surface area contributed by atoms with E-state index < -0.39 is 17.8 Å². The molecule has 1 aromatic rings. The van der Waals surface area contributed by atoms with Gasteiger partial charge in [-0.05, 0) is 43.4 Å². The molecule has 0 aliphatic carbocycles. The van der Waals surface area contributed by atoms with Crippen LogP contribution >= 0.6 is 11.8 Å². The molecule has 2 heterocycles. The zero-order chi connectivity index (χ0) is 24.5. The van der Waals surface area contributed by atoms with Gasteiger partial charge in [-0.1, -0.05) is 30.8 Å². The molecule has 0 aromatic heterocycles. The number of amidine groups is 1. The van der Waals surface area contributed by atoms with Crippen LogP contribution in [0.5, 0.6) is 0 Å². The van der Waals surface area contributed by atoms with E-state index in [1.807, 2.05) is 19.3 Å². The third kappa shape index (κ3) is 5.26. The van der Waals surface area contributed by atoms with Crippen LogP contribution in [0.1, 0.15) is 50.8 Å². The Bertz CT molecular complexity index is 1030. The summed E-state index contributed by atoms with van der Waals surface area (Å²) in [7, 11) is 3.22. The topological polar surface area (TPSA) is 65.0 Å². The monoisotopic (exact) mass is 480 g/mol. The number of amides is 2. The van der Waals surface area contributed by atoms with Crippen molar-refractivity contribution in [1.82, 2.24) is 15.1 Å². The lowest BCUT2D eigenvalue weighted by Crippen LogP contribution is -2.40. The highest BCUT2D eigenvalue weighted by Gasteiger charge is 2.41. The number of nitrogens with one attached hydrogen (secondary N) is 1. The zero-order valence-electron chi connectivity index (χ0n) is 19.2. The molecule has 0 bridgehead atoms. The van der Waals surface area contributed by atoms with E-state index in [0.29, 0.717) is 27.7 Å². The van der Waals surface area contributed by atoms with Gasteiger partial charge in [0.25, 0.3) is 5.91 Å². The van der Waals surface area contributed by atoms with Gasteiger partial charge in [0, 0.05) is 25.8 Å². The van der Waals surface area contributed by atoms with Gasteiger partial charge >= 0.3 is 6.18 Å². The maximum absolute atomic E-state index is 13.1. The summed E-state index contributed by atoms with van der Waals surface area (Å²) in [4.78, 5) is 33.5. The first-order chi connectivity index (χ1) is 15.4. The number of likely N-dealkylation sites (N-methyl/N-ethyl adjacent to an activating group) is 1. The molecule has 1 N–H and O–H groups in total. The Kier molecular flexibility index (Phi) is 7.26. The number of benzene rings is 1. The number of rotatable bonds is 6. The maximum atomic E-state index is 13.1. The summed E-state index contributed by atoms with van der Waals surface area (Å²) in [6.45, 7) is 5.60. The Labute approximate surface area is 195 Å². The number of nitrogens with zero attached hydrogens (tertiary/aromatic N) is 3. The van der Waals surface area contributed by atoms with E-state index in [2.05, 4.69) is 10.3 Å². The van der Waals surface area contributed by atoms with Gasteiger partial charge in [0.1, 0.15) is 0 Å². The molecule has 0 saturated carbocycles. The number of fused-ring (bicyclic) bond motifs is 1. The number of hydrogen-bond donors (Lipinski definition) is 1. The molecule has 2 aliphatic rings. The second-order valence-electron chi connectivity index (χ2n) is 8.27. The van der Waals surface area contributed by atoms with Crippen LogP contribution in [0, 0.1) is 0 Å². The lowest BCUT2D eigenvalue weighted by molar-refractivity contribution is -0.137. The molecular weight excluding hydrogens is 453 g/mol. The molecule has 3 rings (SSSR count). The number of carbonyl (C=O) groups is 2. The minimum absolute atomic E-state index is 0.0142. The van der Waals surface area contributed by atoms with Crippen LogP contribution < -0.4 is 5.32 Å². The molecule has 2 atom stereocenters. The predicted octanol–water partition coefficient (Wildman–Crippen LogP) is 4.67. The number of allylic oxidation sites excluding steroid dienone is 1. The lowest BCUT2D eigenvalue weighted by Gasteiger charge is -2.37. The quantitative estimate of drug-likeness (QED) is 0.643. The van der Waals surface area contributed by atoms with Crippen LogP contribution in [-0.2, 0) is 15.8 Å². The fraction of sp³-hybridized carbons (Fsp3) is 0.435. The first kappa shape index (κ1) is 24.9. The minimum atomic E-state index is -4.46. The first-order valence-corrected chi connectivity index (χ1v) is 11.4. The molecule has 0 radical (unpaired) electrons. The predicted molar refractivity (Wildman–Crippen MR) is 123 cm³/mol. The van der Waals surface area contributed by atoms with Gasteiger partial charge in [0.2, 0.25) is 5.91 Å². The summed E-state index contributed by atoms with van der Waals surface area (Å²) in [6, 6.07) is 4.10. The Morgan fingerprint density at radius 1 is 1.24 bits per heavy atom. The molecule has 2 unspecified atom stereocenters. The molecule has 10 heteroatoms. The van der Waals surface area contributed by atoms with Crippen LogP contribution in [0.25, 0.3) is 0 Å². The number of carbonyl (C=O) groups excluding carboxylic acids is 2. The Morgan fingerprint density at radius 2 is 1.88 bits per heavy atom. The molecule has 6 nitrogen and oxygen atoms in total. The summed E-state index contributed by atoms with van der Waals surface area (Å²) in [5.41, 5.74) is 1.24. The molecule has 0 fully saturated rings. The number of thioether (sulfide) groups is 1. The molecular formula is C23H27F3N4O2S. The normalized spacial score (nSPS) is 19.0. The van der Waals surface area contributed by atoms with E-state index in [9.17, 15) is 22.8 Å². The first-order valence-electron chi connectivity index (χ1n) is 10.6. The molecule has 0 saturated heterocycles. The minimum Gasteiger partial charge on any atom is -0.353 e. The van der Waals surface area contributed by atoms with Gasteiger partial charge in [-0.2, -0.15) is 13.2 Å². The van der Waals surface area contributed by atoms with Crippen molar-refractivity contribution >= 4 is 28.7 Å². The maximum Gasteiger partial charge on any atom is 0.416 e. The summed E-state index contributed by atoms with van der Waals surface area (Å²) in [6.07, 6.45) is -3.61. The molecule has 0 spiro atoms. The van der Waals surface area contributed by atoms with Crippen molar-refractivity contribution in [2.24, 2.45) is 4.99 Å². The molecule has 178 valence electrons. The Hall–Kier alpha value is -2.75. The van der Waals surface area contributed by atoms with Crippen molar-refractivity contribution in [2.45, 2.75) is 51.9 Å². The van der Waals surface area contributed by atoms with Gasteiger partial charge in [0.05, 0.1) is 29.3 Å². The second kappa shape index (κ2) is 9.62. The van der Waals surface area contributed by atoms with Gasteiger partial charge in [-0.3, -0.25) is 9.59 Å². The van der Waals surface area contributed by atoms with Crippen molar-refractivity contribution in [3.63, 3.8) is 0 Å². The molecule has 1 aromatic carbocycles. The standard InChI is InChI=1S/C23H27F3N4O2S/c1-6-13(2)27-18(31)11-17-12-33-22-28-14(3)19(21(32)29(4)5)20(30(17)22)15-7-9-16(10-8-15)23(24,25)26/h7-10,12-13,20H,6,11H2,1-5H3,(H,27,31). The van der Waals surface area contributed by atoms with E-state index in [1.165, 1.54) is 28.8 Å². The van der Waals surface area contributed by atoms with E-state index in [1.54, 1.807) is 25.9 Å². The number of aliphatic imine (C=N–C) groups is 1. The number of halogens is 3. The molecule has 2 aliphatic heterocycles. The fourth-order valence-corrected chi connectivity index (χ4v) is 4.61. The second-order valence-corrected chi connectivity index (χ2v) is 9.10. The van der Waals surface area contributed by atoms with E-state index in [4.69, 9.17) is 0 Å². The van der Waals surface area contributed by atoms with Crippen LogP contribution in [0.2, 0.25) is 0 Å². The summed E-state index contributed by atoms with van der Waals surface area (Å²) < 4.78 is 39.4. The number of alkyl halides is 3. The smallest absolute Gasteiger partial charge is 0.353 e. The van der Waals surface area contributed by atoms with Gasteiger partial charge in [-0.25, -0.2) is 4.99 Å². The summed E-state index contributed by atoms with van der Waals surface area (Å²) >= 11 is 1.33. The summed E-state index contributed by atoms with van der Waals surface area (Å²) in [5, 5.41) is 5.31. The highest BCUT2D eigenvalue weighted by atomic mass is 32.2. The fourth-order valence-electron chi connectivity index (χ4n) is 3.65. The lowest BCUT2D eigenvalue weighted by atomic mass is 9.92. The average molecular weight is 481 g/mol. The van der Waals surface area contributed by atoms with E-state index in [-0.39, 0.29) is 24.3 Å². The highest BCUT2D eigenvalue weighted by molar-refractivity contribution is 8.16. The van der Waals surface area contributed by atoms with Gasteiger partial charge in [-0.15, -0.1) is 0 Å². The molecule has 33 heavy (non-hydrogen) atoms. The van der Waals surface area contributed by atoms with E-state index in [0.717, 1.165) is 18.6 Å². The van der Waals surface area contributed by atoms with Crippen molar-refractivity contribution in [3.05, 3.63) is 57.8 Å². The van der Waals surface area contributed by atoms with Crippen LogP contribution in [0.3, 0.4) is 0 Å². The molecule has 2 amide bonds. The summed E-state index contributed by atoms with van der Waals surface area (Å²) in [5.74, 6) is -0.462. The number of hydrogen-bond acceptors (Lipinski definition) is 5. The van der Waals surface area contributed by atoms with Crippen LogP contribution in [-0.4, -0.2) is 46.9 Å². The van der Waals surface area contributed by atoms with Crippen molar-refractivity contribution in [3.8, 4) is 0 Å². The van der Waals surface area contributed by atoms with Crippen LogP contribution in [0.4, 0.5) is 13.2 Å². The third-order valence-electron chi connectivity index (χ3n) is 5.55. The SMILES string of the molecule is CCC(C)NC(=O)CC1=CSC2=NC(C)=C(C(=O)N(C)C)C(c3ccc(C(F)(F)F)cc3)N12. The Balaban J connectivity index is 2.04. The zero-order valence-corrected chi connectivity index (χ0v) is 20.0. The van der Waals surface area contributed by atoms with Crippen molar-refractivity contribution in [1.29, 1.82) is 0 Å². The Morgan fingerprint density at radius 3 is 2.42 bits per heavy atom. The average Bonchev–Trinajstić information content (AvgIpc) is 3.13. The van der Waals surface area contributed by atoms with Gasteiger partial charge < -0.3 is 15.1 Å². The highest BCUT2D eigenvalue weighted by Crippen LogP contribution is 2.45. The van der Waals surface area contributed by atoms with Gasteiger partial charge in [0.15, 0.2) is 5.17 Å². The van der Waals surface area contributed by atoms with E-state index >= 15 is 0 Å². The van der Waals surface area contributed by atoms with Crippen molar-refractivity contribution < 1.29 is 22.8 Å². The van der Waals surface area contributed by atoms with Crippen LogP contribution in [0.15, 0.2) is 51.6 Å². The van der Waals surface area contributed by atoms with Crippen molar-refractivity contribution in [2.75, 3.05) is 14.1 Å². The largest absolute Gasteiger partial charge is 0.416 e.